The molecule has 0 spiro atoms. The molecule has 0 saturated heterocycles. The summed E-state index contributed by atoms with van der Waals surface area (Å²) in [5, 5.41) is 11.9. The molecule has 0 aromatic heterocycles. The molecule has 4 heteroatoms. The van der Waals surface area contributed by atoms with Crippen molar-refractivity contribution in [2.45, 2.75) is 58.9 Å². The standard InChI is InChI=1S/C18H27NO3/c1-6-12(2)17(22)19-15(11-16(20)21)13-7-9-14(10-8-13)18(3,4)5/h7-10,12,15H,6,11H2,1-5H3,(H,19,22)(H,20,21). The molecule has 0 aliphatic carbocycles. The van der Waals surface area contributed by atoms with Crippen LogP contribution in [0.25, 0.3) is 0 Å². The first-order chi connectivity index (χ1) is 10.1. The van der Waals surface area contributed by atoms with Crippen LogP contribution in [0.4, 0.5) is 0 Å². The van der Waals surface area contributed by atoms with E-state index in [-0.39, 0.29) is 23.7 Å². The van der Waals surface area contributed by atoms with Gasteiger partial charge in [0.1, 0.15) is 0 Å². The molecule has 1 aromatic rings. The summed E-state index contributed by atoms with van der Waals surface area (Å²) in [5.74, 6) is -1.15. The average Bonchev–Trinajstić information content (AvgIpc) is 2.44. The molecule has 0 fully saturated rings. The van der Waals surface area contributed by atoms with Crippen molar-refractivity contribution in [1.82, 2.24) is 5.32 Å². The maximum Gasteiger partial charge on any atom is 0.305 e. The maximum absolute atomic E-state index is 12.1. The molecule has 0 aliphatic heterocycles. The molecule has 122 valence electrons. The van der Waals surface area contributed by atoms with Crippen molar-refractivity contribution in [2.24, 2.45) is 5.92 Å². The smallest absolute Gasteiger partial charge is 0.305 e. The Morgan fingerprint density at radius 2 is 1.73 bits per heavy atom. The van der Waals surface area contributed by atoms with Crippen LogP contribution in [-0.4, -0.2) is 17.0 Å². The van der Waals surface area contributed by atoms with E-state index in [0.717, 1.165) is 12.0 Å². The van der Waals surface area contributed by atoms with Crippen LogP contribution in [0.15, 0.2) is 24.3 Å². The van der Waals surface area contributed by atoms with Crippen molar-refractivity contribution in [1.29, 1.82) is 0 Å². The molecule has 2 N–H and O–H groups in total. The quantitative estimate of drug-likeness (QED) is 0.843. The van der Waals surface area contributed by atoms with E-state index in [1.165, 1.54) is 5.56 Å². The van der Waals surface area contributed by atoms with Crippen molar-refractivity contribution < 1.29 is 14.7 Å². The second kappa shape index (κ2) is 7.43. The van der Waals surface area contributed by atoms with Crippen LogP contribution < -0.4 is 5.32 Å². The van der Waals surface area contributed by atoms with Crippen LogP contribution in [0.2, 0.25) is 0 Å². The third-order valence-corrected chi connectivity index (χ3v) is 3.93. The normalized spacial score (nSPS) is 14.2. The summed E-state index contributed by atoms with van der Waals surface area (Å²) in [4.78, 5) is 23.1. The van der Waals surface area contributed by atoms with Gasteiger partial charge in [-0.05, 0) is 23.0 Å². The number of carbonyl (C=O) groups is 2. The Bertz CT molecular complexity index is 514. The first kappa shape index (κ1) is 18.2. The number of benzene rings is 1. The van der Waals surface area contributed by atoms with Gasteiger partial charge in [0.2, 0.25) is 5.91 Å². The fourth-order valence-corrected chi connectivity index (χ4v) is 2.14. The Morgan fingerprint density at radius 1 is 1.18 bits per heavy atom. The van der Waals surface area contributed by atoms with Crippen molar-refractivity contribution in [3.63, 3.8) is 0 Å². The highest BCUT2D eigenvalue weighted by Gasteiger charge is 2.21. The predicted octanol–water partition coefficient (Wildman–Crippen LogP) is 3.66. The highest BCUT2D eigenvalue weighted by Crippen LogP contribution is 2.25. The number of amides is 1. The van der Waals surface area contributed by atoms with Crippen LogP contribution in [-0.2, 0) is 15.0 Å². The fraction of sp³-hybridized carbons (Fsp3) is 0.556. The summed E-state index contributed by atoms with van der Waals surface area (Å²) in [5.41, 5.74) is 2.05. The van der Waals surface area contributed by atoms with Crippen LogP contribution in [0.1, 0.15) is 64.6 Å². The number of hydrogen-bond acceptors (Lipinski definition) is 2. The molecule has 1 amide bonds. The lowest BCUT2D eigenvalue weighted by Crippen LogP contribution is -2.34. The number of nitrogens with one attached hydrogen (secondary N) is 1. The van der Waals surface area contributed by atoms with Crippen molar-refractivity contribution >= 4 is 11.9 Å². The number of carbonyl (C=O) groups excluding carboxylic acids is 1. The fourth-order valence-electron chi connectivity index (χ4n) is 2.14. The zero-order chi connectivity index (χ0) is 16.9. The Kier molecular flexibility index (Phi) is 6.15. The van der Waals surface area contributed by atoms with Gasteiger partial charge >= 0.3 is 5.97 Å². The first-order valence-electron chi connectivity index (χ1n) is 7.77. The Labute approximate surface area is 132 Å². The summed E-state index contributed by atoms with van der Waals surface area (Å²) in [6.07, 6.45) is 0.617. The van der Waals surface area contributed by atoms with E-state index in [9.17, 15) is 9.59 Å². The lowest BCUT2D eigenvalue weighted by molar-refractivity contribution is -0.137. The zero-order valence-corrected chi connectivity index (χ0v) is 14.1. The Morgan fingerprint density at radius 3 is 2.14 bits per heavy atom. The lowest BCUT2D eigenvalue weighted by Gasteiger charge is -2.22. The molecular formula is C18H27NO3. The molecule has 22 heavy (non-hydrogen) atoms. The van der Waals surface area contributed by atoms with E-state index in [0.29, 0.717) is 0 Å². The van der Waals surface area contributed by atoms with Gasteiger partial charge < -0.3 is 10.4 Å². The van der Waals surface area contributed by atoms with Gasteiger partial charge in [-0.1, -0.05) is 58.9 Å². The number of aliphatic carboxylic acids is 1. The summed E-state index contributed by atoms with van der Waals surface area (Å²) in [6, 6.07) is 7.32. The van der Waals surface area contributed by atoms with Gasteiger partial charge in [-0.15, -0.1) is 0 Å². The van der Waals surface area contributed by atoms with Crippen molar-refractivity contribution in [3.05, 3.63) is 35.4 Å². The largest absolute Gasteiger partial charge is 0.481 e. The SMILES string of the molecule is CCC(C)C(=O)NC(CC(=O)O)c1ccc(C(C)(C)C)cc1. The summed E-state index contributed by atoms with van der Waals surface area (Å²) in [6.45, 7) is 10.2. The van der Waals surface area contributed by atoms with E-state index < -0.39 is 12.0 Å². The van der Waals surface area contributed by atoms with Gasteiger partial charge in [-0.25, -0.2) is 0 Å². The summed E-state index contributed by atoms with van der Waals surface area (Å²) < 4.78 is 0. The van der Waals surface area contributed by atoms with Gasteiger partial charge in [0.25, 0.3) is 0 Å². The molecule has 2 atom stereocenters. The molecular weight excluding hydrogens is 278 g/mol. The first-order valence-corrected chi connectivity index (χ1v) is 7.77. The second-order valence-electron chi connectivity index (χ2n) is 6.84. The highest BCUT2D eigenvalue weighted by atomic mass is 16.4. The Balaban J connectivity index is 2.97. The highest BCUT2D eigenvalue weighted by molar-refractivity contribution is 5.79. The van der Waals surface area contributed by atoms with Gasteiger partial charge in [-0.3, -0.25) is 9.59 Å². The average molecular weight is 305 g/mol. The number of carboxylic acid groups (broad SMARTS) is 1. The Hall–Kier alpha value is -1.84. The molecule has 0 heterocycles. The van der Waals surface area contributed by atoms with Crippen molar-refractivity contribution in [3.8, 4) is 0 Å². The third kappa shape index (κ3) is 5.17. The summed E-state index contributed by atoms with van der Waals surface area (Å²) >= 11 is 0. The van der Waals surface area contributed by atoms with E-state index in [1.807, 2.05) is 38.1 Å². The molecule has 0 saturated carbocycles. The minimum absolute atomic E-state index is 0.0425. The third-order valence-electron chi connectivity index (χ3n) is 3.93. The molecule has 0 bridgehead atoms. The van der Waals surface area contributed by atoms with Crippen molar-refractivity contribution in [2.75, 3.05) is 0 Å². The monoisotopic (exact) mass is 305 g/mol. The molecule has 1 rings (SSSR count). The van der Waals surface area contributed by atoms with Crippen LogP contribution in [0, 0.1) is 5.92 Å². The molecule has 4 nitrogen and oxygen atoms in total. The second-order valence-corrected chi connectivity index (χ2v) is 6.84. The lowest BCUT2D eigenvalue weighted by atomic mass is 9.86. The van der Waals surface area contributed by atoms with Crippen LogP contribution >= 0.6 is 0 Å². The summed E-state index contributed by atoms with van der Waals surface area (Å²) in [7, 11) is 0. The van der Waals surface area contributed by atoms with E-state index >= 15 is 0 Å². The molecule has 2 unspecified atom stereocenters. The molecule has 0 aliphatic rings. The van der Waals surface area contributed by atoms with E-state index in [1.54, 1.807) is 0 Å². The number of rotatable bonds is 6. The molecule has 1 aromatic carbocycles. The van der Waals surface area contributed by atoms with Gasteiger partial charge in [0, 0.05) is 5.92 Å². The number of hydrogen-bond donors (Lipinski definition) is 2. The van der Waals surface area contributed by atoms with Crippen LogP contribution in [0.5, 0.6) is 0 Å². The topological polar surface area (TPSA) is 66.4 Å². The van der Waals surface area contributed by atoms with Crippen LogP contribution in [0.3, 0.4) is 0 Å². The van der Waals surface area contributed by atoms with Gasteiger partial charge in [0.15, 0.2) is 0 Å². The minimum atomic E-state index is -0.922. The predicted molar refractivity (Wildman–Crippen MR) is 87.7 cm³/mol. The maximum atomic E-state index is 12.1. The van der Waals surface area contributed by atoms with E-state index in [2.05, 4.69) is 26.1 Å². The minimum Gasteiger partial charge on any atom is -0.481 e. The van der Waals surface area contributed by atoms with E-state index in [4.69, 9.17) is 5.11 Å². The van der Waals surface area contributed by atoms with Gasteiger partial charge in [0.05, 0.1) is 12.5 Å². The molecule has 0 radical (unpaired) electrons. The number of carboxylic acids is 1. The zero-order valence-electron chi connectivity index (χ0n) is 14.1. The van der Waals surface area contributed by atoms with Gasteiger partial charge in [-0.2, -0.15) is 0 Å².